The SMILES string of the molecule is Cc1cccc(C)c1-c1cc2nc(n1)NS(=O)(=O)c1cccc(c1)C(=O)N(Cc1ccc(C(C)(C)C)nc1C)[C@H](CC(C)(C)C)CO2. The molecule has 3 heterocycles. The van der Waals surface area contributed by atoms with E-state index in [0.29, 0.717) is 12.1 Å². The summed E-state index contributed by atoms with van der Waals surface area (Å²) < 4.78 is 36.3. The molecule has 0 saturated carbocycles. The first-order valence-electron chi connectivity index (χ1n) is 15.9. The first-order chi connectivity index (χ1) is 21.9. The molecule has 5 rings (SSSR count). The average molecular weight is 656 g/mol. The van der Waals surface area contributed by atoms with Gasteiger partial charge in [-0.25, -0.2) is 18.1 Å². The summed E-state index contributed by atoms with van der Waals surface area (Å²) in [5, 5.41) is 0. The highest BCUT2D eigenvalue weighted by Gasteiger charge is 2.32. The number of amides is 1. The van der Waals surface area contributed by atoms with Gasteiger partial charge in [0.1, 0.15) is 6.61 Å². The minimum absolute atomic E-state index is 0.0640. The molecule has 1 N–H and O–H groups in total. The third-order valence-corrected chi connectivity index (χ3v) is 9.66. The van der Waals surface area contributed by atoms with E-state index in [-0.39, 0.29) is 58.2 Å². The van der Waals surface area contributed by atoms with Crippen molar-refractivity contribution in [1.29, 1.82) is 0 Å². The van der Waals surface area contributed by atoms with Gasteiger partial charge in [0.05, 0.1) is 16.6 Å². The second-order valence-corrected chi connectivity index (χ2v) is 16.4. The molecule has 1 aliphatic heterocycles. The van der Waals surface area contributed by atoms with Crippen molar-refractivity contribution < 1.29 is 17.9 Å². The minimum atomic E-state index is -4.16. The molecule has 0 aliphatic carbocycles. The highest BCUT2D eigenvalue weighted by Crippen LogP contribution is 2.32. The van der Waals surface area contributed by atoms with Gasteiger partial charge in [-0.3, -0.25) is 9.78 Å². The van der Waals surface area contributed by atoms with Gasteiger partial charge in [0, 0.05) is 40.5 Å². The lowest BCUT2D eigenvalue weighted by Crippen LogP contribution is -2.45. The second kappa shape index (κ2) is 12.7. The van der Waals surface area contributed by atoms with Gasteiger partial charge in [-0.15, -0.1) is 0 Å². The summed E-state index contributed by atoms with van der Waals surface area (Å²) in [5.74, 6) is -0.201. The fourth-order valence-electron chi connectivity index (χ4n) is 5.90. The first kappa shape index (κ1) is 34.0. The number of anilines is 1. The molecule has 0 radical (unpaired) electrons. The van der Waals surface area contributed by atoms with Crippen molar-refractivity contribution >= 4 is 21.9 Å². The smallest absolute Gasteiger partial charge is 0.264 e. The van der Waals surface area contributed by atoms with Crippen LogP contribution in [0.15, 0.2) is 65.6 Å². The Labute approximate surface area is 278 Å². The Kier molecular flexibility index (Phi) is 9.21. The van der Waals surface area contributed by atoms with Crippen LogP contribution in [0, 0.1) is 26.2 Å². The summed E-state index contributed by atoms with van der Waals surface area (Å²) in [7, 11) is -4.16. The monoisotopic (exact) mass is 655 g/mol. The van der Waals surface area contributed by atoms with Crippen molar-refractivity contribution in [2.24, 2.45) is 5.41 Å². The zero-order chi connectivity index (χ0) is 34.3. The number of hydrogen-bond donors (Lipinski definition) is 1. The molecule has 1 aliphatic rings. The van der Waals surface area contributed by atoms with E-state index in [2.05, 4.69) is 56.2 Å². The highest BCUT2D eigenvalue weighted by atomic mass is 32.2. The molecular weight excluding hydrogens is 611 g/mol. The number of carbonyl (C=O) groups is 1. The van der Waals surface area contributed by atoms with Gasteiger partial charge in [-0.2, -0.15) is 4.98 Å². The summed E-state index contributed by atoms with van der Waals surface area (Å²) >= 11 is 0. The van der Waals surface area contributed by atoms with Crippen LogP contribution in [0.5, 0.6) is 5.88 Å². The number of aromatic nitrogens is 3. The number of aryl methyl sites for hydroxylation is 3. The van der Waals surface area contributed by atoms with E-state index in [9.17, 15) is 13.2 Å². The number of carbonyl (C=O) groups excluding carboxylic acids is 1. The fourth-order valence-corrected chi connectivity index (χ4v) is 6.89. The summed E-state index contributed by atoms with van der Waals surface area (Å²) in [5.41, 5.74) is 6.04. The molecule has 0 fully saturated rings. The summed E-state index contributed by atoms with van der Waals surface area (Å²) in [6, 6.07) is 17.4. The molecule has 0 saturated heterocycles. The lowest BCUT2D eigenvalue weighted by atomic mass is 9.87. The number of fused-ring (bicyclic) bond motifs is 4. The van der Waals surface area contributed by atoms with Crippen LogP contribution in [-0.2, 0) is 22.0 Å². The van der Waals surface area contributed by atoms with Crippen molar-refractivity contribution in [2.45, 2.75) is 91.6 Å². The molecule has 248 valence electrons. The van der Waals surface area contributed by atoms with Crippen molar-refractivity contribution in [3.05, 3.63) is 94.3 Å². The zero-order valence-electron chi connectivity index (χ0n) is 28.8. The lowest BCUT2D eigenvalue weighted by Gasteiger charge is -2.36. The Bertz CT molecular complexity index is 1910. The number of benzene rings is 2. The molecule has 4 aromatic rings. The maximum absolute atomic E-state index is 14.5. The summed E-state index contributed by atoms with van der Waals surface area (Å²) in [6.07, 6.45) is 0.614. The van der Waals surface area contributed by atoms with Crippen LogP contribution in [-0.4, -0.2) is 46.8 Å². The highest BCUT2D eigenvalue weighted by molar-refractivity contribution is 7.92. The Morgan fingerprint density at radius 2 is 1.57 bits per heavy atom. The predicted molar refractivity (Wildman–Crippen MR) is 185 cm³/mol. The molecule has 0 spiro atoms. The number of ether oxygens (including phenoxy) is 1. The van der Waals surface area contributed by atoms with E-state index < -0.39 is 10.0 Å². The van der Waals surface area contributed by atoms with Gasteiger partial charge in [-0.05, 0) is 73.6 Å². The maximum atomic E-state index is 14.5. The van der Waals surface area contributed by atoms with Crippen molar-refractivity contribution in [3.8, 4) is 17.1 Å². The van der Waals surface area contributed by atoms with Crippen LogP contribution in [0.2, 0.25) is 0 Å². The number of nitrogens with one attached hydrogen (secondary N) is 1. The van der Waals surface area contributed by atoms with Gasteiger partial charge < -0.3 is 9.64 Å². The molecule has 0 unspecified atom stereocenters. The molecular formula is C37H45N5O4S. The third-order valence-electron chi connectivity index (χ3n) is 8.33. The van der Waals surface area contributed by atoms with Crippen molar-refractivity contribution in [1.82, 2.24) is 19.9 Å². The maximum Gasteiger partial charge on any atom is 0.264 e. The number of hydrogen-bond acceptors (Lipinski definition) is 7. The molecule has 2 aromatic carbocycles. The topological polar surface area (TPSA) is 114 Å². The molecule has 9 nitrogen and oxygen atoms in total. The molecule has 2 aromatic heterocycles. The van der Waals surface area contributed by atoms with Gasteiger partial charge in [-0.1, -0.05) is 71.9 Å². The van der Waals surface area contributed by atoms with Crippen LogP contribution < -0.4 is 9.46 Å². The Morgan fingerprint density at radius 3 is 2.21 bits per heavy atom. The quantitative estimate of drug-likeness (QED) is 0.244. The number of rotatable bonds is 4. The second-order valence-electron chi connectivity index (χ2n) is 14.7. The van der Waals surface area contributed by atoms with E-state index in [4.69, 9.17) is 9.72 Å². The van der Waals surface area contributed by atoms with Crippen LogP contribution in [0.4, 0.5) is 5.95 Å². The van der Waals surface area contributed by atoms with E-state index >= 15 is 0 Å². The molecule has 47 heavy (non-hydrogen) atoms. The zero-order valence-corrected chi connectivity index (χ0v) is 29.6. The average Bonchev–Trinajstić information content (AvgIpc) is 2.97. The number of sulfonamides is 1. The van der Waals surface area contributed by atoms with Crippen LogP contribution in [0.3, 0.4) is 0 Å². The predicted octanol–water partition coefficient (Wildman–Crippen LogP) is 7.40. The van der Waals surface area contributed by atoms with E-state index in [0.717, 1.165) is 33.6 Å². The van der Waals surface area contributed by atoms with Crippen LogP contribution >= 0.6 is 0 Å². The van der Waals surface area contributed by atoms with Crippen LogP contribution in [0.25, 0.3) is 11.3 Å². The van der Waals surface area contributed by atoms with Gasteiger partial charge in [0.25, 0.3) is 15.9 Å². The third kappa shape index (κ3) is 7.81. The molecule has 1 amide bonds. The molecule has 10 heteroatoms. The molecule has 4 bridgehead atoms. The number of nitrogens with zero attached hydrogens (tertiary/aromatic N) is 4. The van der Waals surface area contributed by atoms with E-state index in [1.165, 1.54) is 12.1 Å². The van der Waals surface area contributed by atoms with Gasteiger partial charge in [0.15, 0.2) is 0 Å². The Balaban J connectivity index is 1.67. The Morgan fingerprint density at radius 1 is 0.894 bits per heavy atom. The Hall–Kier alpha value is -4.31. The van der Waals surface area contributed by atoms with Crippen molar-refractivity contribution in [3.63, 3.8) is 0 Å². The van der Waals surface area contributed by atoms with Crippen molar-refractivity contribution in [2.75, 3.05) is 11.3 Å². The van der Waals surface area contributed by atoms with Gasteiger partial charge >= 0.3 is 0 Å². The normalized spacial score (nSPS) is 16.7. The van der Waals surface area contributed by atoms with Gasteiger partial charge in [0.2, 0.25) is 11.8 Å². The first-order valence-corrected chi connectivity index (χ1v) is 17.4. The summed E-state index contributed by atoms with van der Waals surface area (Å²) in [4.78, 5) is 30.2. The molecule has 1 atom stereocenters. The minimum Gasteiger partial charge on any atom is -0.475 e. The van der Waals surface area contributed by atoms with E-state index in [1.54, 1.807) is 23.1 Å². The standard InChI is InChI=1S/C37H45N5O4S/c1-23-12-10-13-24(2)33(23)30-19-32-40-35(39-30)41-47(44,45)29-15-11-14-26(18-29)34(43)42(28(22-46-32)20-36(4,5)6)21-27-16-17-31(37(7,8)9)38-25(27)3/h10-19,28H,20-22H2,1-9H3,(H,39,40,41)/t28-/m1/s1. The van der Waals surface area contributed by atoms with Crippen LogP contribution in [0.1, 0.15) is 86.4 Å². The largest absolute Gasteiger partial charge is 0.475 e. The van der Waals surface area contributed by atoms with E-state index in [1.807, 2.05) is 51.1 Å². The number of pyridine rings is 1. The fraction of sp³-hybridized carbons (Fsp3) is 0.405. The summed E-state index contributed by atoms with van der Waals surface area (Å²) in [6.45, 7) is 19.1. The lowest BCUT2D eigenvalue weighted by molar-refractivity contribution is 0.0512.